The number of hydrogen-bond acceptors (Lipinski definition) is 3. The number of nitrogens with one attached hydrogen (secondary N) is 1. The highest BCUT2D eigenvalue weighted by atomic mass is 32.2. The first kappa shape index (κ1) is 7.78. The minimum absolute atomic E-state index is 0.181. The summed E-state index contributed by atoms with van der Waals surface area (Å²) in [7, 11) is 0. The van der Waals surface area contributed by atoms with Crippen LogP contribution in [0.2, 0.25) is 0 Å². The molecule has 3 N–H and O–H groups in total. The van der Waals surface area contributed by atoms with E-state index in [0.29, 0.717) is 5.25 Å². The number of hydrazine groups is 1. The molecule has 8 heavy (non-hydrogen) atoms. The predicted molar refractivity (Wildman–Crippen MR) is 35.4 cm³/mol. The molecule has 0 fully saturated rings. The number of thioether (sulfide) groups is 1. The second kappa shape index (κ2) is 3.74. The Balaban J connectivity index is 3.25. The third-order valence-corrected chi connectivity index (χ3v) is 1.26. The summed E-state index contributed by atoms with van der Waals surface area (Å²) >= 11 is 1.18. The van der Waals surface area contributed by atoms with Crippen LogP contribution in [0.1, 0.15) is 13.8 Å². The summed E-state index contributed by atoms with van der Waals surface area (Å²) in [6, 6.07) is 0. The predicted octanol–water partition coefficient (Wildman–Crippen LogP) is 0.711. The topological polar surface area (TPSA) is 55.1 Å². The monoisotopic (exact) mass is 134 g/mol. The number of carbonyl (C=O) groups is 1. The lowest BCUT2D eigenvalue weighted by molar-refractivity contribution is 0.261. The Hall–Kier alpha value is -0.220. The molecule has 0 aromatic carbocycles. The van der Waals surface area contributed by atoms with Crippen LogP contribution < -0.4 is 11.3 Å². The highest BCUT2D eigenvalue weighted by molar-refractivity contribution is 8.14. The Morgan fingerprint density at radius 1 is 1.75 bits per heavy atom. The first-order chi connectivity index (χ1) is 3.66. The molecule has 0 aliphatic rings. The van der Waals surface area contributed by atoms with Crippen molar-refractivity contribution in [3.8, 4) is 0 Å². The van der Waals surface area contributed by atoms with Crippen LogP contribution in [-0.2, 0) is 0 Å². The second-order valence-corrected chi connectivity index (χ2v) is 3.15. The molecule has 0 aliphatic heterocycles. The standard InChI is InChI=1S/C4H10N2OS/c1-3(2)8-4(7)6-5/h3H,5H2,1-2H3,(H,6,7). The van der Waals surface area contributed by atoms with Crippen molar-refractivity contribution in [3.63, 3.8) is 0 Å². The smallest absolute Gasteiger partial charge is 0.285 e. The van der Waals surface area contributed by atoms with E-state index in [2.05, 4.69) is 0 Å². The molecule has 0 aliphatic carbocycles. The Labute approximate surface area is 53.0 Å². The maximum atomic E-state index is 10.3. The van der Waals surface area contributed by atoms with Gasteiger partial charge in [-0.3, -0.25) is 10.2 Å². The van der Waals surface area contributed by atoms with Crippen molar-refractivity contribution in [2.75, 3.05) is 0 Å². The zero-order valence-electron chi connectivity index (χ0n) is 4.97. The summed E-state index contributed by atoms with van der Waals surface area (Å²) < 4.78 is 0. The van der Waals surface area contributed by atoms with Gasteiger partial charge < -0.3 is 0 Å². The summed E-state index contributed by atoms with van der Waals surface area (Å²) in [5.74, 6) is 4.80. The van der Waals surface area contributed by atoms with Crippen molar-refractivity contribution < 1.29 is 4.79 Å². The molecule has 0 unspecified atom stereocenters. The molecule has 0 aromatic heterocycles. The fourth-order valence-electron chi connectivity index (χ4n) is 0.248. The van der Waals surface area contributed by atoms with Crippen molar-refractivity contribution in [1.29, 1.82) is 0 Å². The van der Waals surface area contributed by atoms with Crippen molar-refractivity contribution in [2.24, 2.45) is 5.84 Å². The maximum Gasteiger partial charge on any atom is 0.293 e. The zero-order valence-corrected chi connectivity index (χ0v) is 5.79. The van der Waals surface area contributed by atoms with Gasteiger partial charge in [0.15, 0.2) is 0 Å². The highest BCUT2D eigenvalue weighted by Crippen LogP contribution is 2.07. The molecule has 0 bridgehead atoms. The summed E-state index contributed by atoms with van der Waals surface area (Å²) in [6.45, 7) is 3.86. The average molecular weight is 134 g/mol. The van der Waals surface area contributed by atoms with Crippen LogP contribution in [0.5, 0.6) is 0 Å². The number of hydrogen-bond donors (Lipinski definition) is 2. The molecule has 0 aromatic rings. The molecule has 0 saturated carbocycles. The van der Waals surface area contributed by atoms with Crippen molar-refractivity contribution in [2.45, 2.75) is 19.1 Å². The number of amides is 1. The van der Waals surface area contributed by atoms with Crippen molar-refractivity contribution in [1.82, 2.24) is 5.43 Å². The van der Waals surface area contributed by atoms with E-state index in [-0.39, 0.29) is 5.24 Å². The molecule has 3 nitrogen and oxygen atoms in total. The first-order valence-electron chi connectivity index (χ1n) is 2.34. The Morgan fingerprint density at radius 3 is 2.38 bits per heavy atom. The summed E-state index contributed by atoms with van der Waals surface area (Å²) in [5.41, 5.74) is 2.02. The SMILES string of the molecule is CC(C)SC(=O)NN. The van der Waals surface area contributed by atoms with Crippen LogP contribution in [0.25, 0.3) is 0 Å². The Morgan fingerprint density at radius 2 is 2.25 bits per heavy atom. The fourth-order valence-corrected chi connectivity index (χ4v) is 0.744. The molecular weight excluding hydrogens is 124 g/mol. The molecule has 0 rings (SSSR count). The minimum atomic E-state index is -0.181. The van der Waals surface area contributed by atoms with Crippen LogP contribution in [0, 0.1) is 0 Å². The third kappa shape index (κ3) is 3.95. The van der Waals surface area contributed by atoms with Gasteiger partial charge in [-0.05, 0) is 0 Å². The van der Waals surface area contributed by atoms with Crippen LogP contribution in [0.15, 0.2) is 0 Å². The van der Waals surface area contributed by atoms with Crippen molar-refractivity contribution >= 4 is 17.0 Å². The molecule has 0 saturated heterocycles. The van der Waals surface area contributed by atoms with E-state index < -0.39 is 0 Å². The first-order valence-corrected chi connectivity index (χ1v) is 3.22. The van der Waals surface area contributed by atoms with E-state index in [4.69, 9.17) is 5.84 Å². The van der Waals surface area contributed by atoms with Crippen LogP contribution in [0.3, 0.4) is 0 Å². The van der Waals surface area contributed by atoms with Gasteiger partial charge in [-0.25, -0.2) is 5.84 Å². The zero-order chi connectivity index (χ0) is 6.57. The molecular formula is C4H10N2OS. The van der Waals surface area contributed by atoms with E-state index in [1.165, 1.54) is 11.8 Å². The van der Waals surface area contributed by atoms with E-state index >= 15 is 0 Å². The molecule has 48 valence electrons. The molecule has 0 spiro atoms. The van der Waals surface area contributed by atoms with Gasteiger partial charge in [-0.15, -0.1) is 0 Å². The number of rotatable bonds is 1. The second-order valence-electron chi connectivity index (χ2n) is 1.60. The van der Waals surface area contributed by atoms with Gasteiger partial charge in [0.25, 0.3) is 5.24 Å². The van der Waals surface area contributed by atoms with E-state index in [9.17, 15) is 4.79 Å². The third-order valence-electron chi connectivity index (χ3n) is 0.461. The highest BCUT2D eigenvalue weighted by Gasteiger charge is 2.00. The average Bonchev–Trinajstić information content (AvgIpc) is 1.65. The Kier molecular flexibility index (Phi) is 3.64. The van der Waals surface area contributed by atoms with Gasteiger partial charge >= 0.3 is 0 Å². The summed E-state index contributed by atoms with van der Waals surface area (Å²) in [6.07, 6.45) is 0. The minimum Gasteiger partial charge on any atom is -0.285 e. The van der Waals surface area contributed by atoms with Crippen LogP contribution >= 0.6 is 11.8 Å². The summed E-state index contributed by atoms with van der Waals surface area (Å²) in [4.78, 5) is 10.3. The quantitative estimate of drug-likeness (QED) is 0.315. The molecule has 4 heteroatoms. The van der Waals surface area contributed by atoms with E-state index in [1.54, 1.807) is 0 Å². The maximum absolute atomic E-state index is 10.3. The lowest BCUT2D eigenvalue weighted by atomic mass is 10.6. The molecule has 0 atom stereocenters. The fraction of sp³-hybridized carbons (Fsp3) is 0.750. The van der Waals surface area contributed by atoms with E-state index in [1.807, 2.05) is 19.3 Å². The lowest BCUT2D eigenvalue weighted by Crippen LogP contribution is -2.26. The van der Waals surface area contributed by atoms with Gasteiger partial charge in [-0.1, -0.05) is 25.6 Å². The lowest BCUT2D eigenvalue weighted by Gasteiger charge is -1.99. The molecule has 0 radical (unpaired) electrons. The summed E-state index contributed by atoms with van der Waals surface area (Å²) in [5, 5.41) is 0.124. The molecule has 1 amide bonds. The number of nitrogens with two attached hydrogens (primary N) is 1. The van der Waals surface area contributed by atoms with E-state index in [0.717, 1.165) is 0 Å². The van der Waals surface area contributed by atoms with Gasteiger partial charge in [0.2, 0.25) is 0 Å². The normalized spacial score (nSPS) is 9.50. The largest absolute Gasteiger partial charge is 0.293 e. The van der Waals surface area contributed by atoms with Crippen LogP contribution in [-0.4, -0.2) is 10.5 Å². The van der Waals surface area contributed by atoms with Gasteiger partial charge in [0.1, 0.15) is 0 Å². The van der Waals surface area contributed by atoms with Gasteiger partial charge in [0, 0.05) is 5.25 Å². The molecule has 0 heterocycles. The van der Waals surface area contributed by atoms with Gasteiger partial charge in [0.05, 0.1) is 0 Å². The number of carbonyl (C=O) groups excluding carboxylic acids is 1. The van der Waals surface area contributed by atoms with Gasteiger partial charge in [-0.2, -0.15) is 0 Å². The van der Waals surface area contributed by atoms with Crippen LogP contribution in [0.4, 0.5) is 4.79 Å². The van der Waals surface area contributed by atoms with Crippen molar-refractivity contribution in [3.05, 3.63) is 0 Å². The Bertz CT molecular complexity index is 84.1.